The Labute approximate surface area is 184 Å². The van der Waals surface area contributed by atoms with E-state index in [1.165, 1.54) is 12.8 Å². The second-order valence-electron chi connectivity index (χ2n) is 9.43. The van der Waals surface area contributed by atoms with Crippen LogP contribution in [0.15, 0.2) is 24.3 Å². The van der Waals surface area contributed by atoms with Crippen molar-refractivity contribution in [2.45, 2.75) is 70.6 Å². The van der Waals surface area contributed by atoms with Gasteiger partial charge in [0, 0.05) is 24.8 Å². The molecular formula is C24H33N3O4. The van der Waals surface area contributed by atoms with Gasteiger partial charge in [-0.15, -0.1) is 0 Å². The molecule has 0 spiro atoms. The van der Waals surface area contributed by atoms with E-state index in [0.717, 1.165) is 30.7 Å². The van der Waals surface area contributed by atoms with Gasteiger partial charge in [0.25, 0.3) is 5.91 Å². The lowest BCUT2D eigenvalue weighted by molar-refractivity contribution is 0.0669. The number of benzene rings is 1. The molecule has 1 N–H and O–H groups in total. The summed E-state index contributed by atoms with van der Waals surface area (Å²) in [5, 5.41) is 7.60. The highest BCUT2D eigenvalue weighted by molar-refractivity contribution is 5.92. The van der Waals surface area contributed by atoms with E-state index in [2.05, 4.69) is 31.2 Å². The maximum Gasteiger partial charge on any atom is 0.272 e. The van der Waals surface area contributed by atoms with Gasteiger partial charge in [-0.1, -0.05) is 6.07 Å². The van der Waals surface area contributed by atoms with Gasteiger partial charge in [-0.3, -0.25) is 9.48 Å². The molecule has 1 aliphatic heterocycles. The van der Waals surface area contributed by atoms with E-state index in [-0.39, 0.29) is 17.6 Å². The minimum absolute atomic E-state index is 0.150. The maximum atomic E-state index is 12.8. The largest absolute Gasteiger partial charge is 0.493 e. The van der Waals surface area contributed by atoms with Crippen molar-refractivity contribution in [2.75, 3.05) is 20.3 Å². The van der Waals surface area contributed by atoms with E-state index in [0.29, 0.717) is 36.3 Å². The molecular weight excluding hydrogens is 394 g/mol. The van der Waals surface area contributed by atoms with E-state index in [1.54, 1.807) is 7.11 Å². The molecule has 1 saturated heterocycles. The fraction of sp³-hybridized carbons (Fsp3) is 0.583. The molecule has 1 unspecified atom stereocenters. The first-order valence-corrected chi connectivity index (χ1v) is 11.1. The van der Waals surface area contributed by atoms with Crippen molar-refractivity contribution >= 4 is 5.91 Å². The Morgan fingerprint density at radius 1 is 1.23 bits per heavy atom. The van der Waals surface area contributed by atoms with E-state index in [1.807, 2.05) is 28.9 Å². The highest BCUT2D eigenvalue weighted by atomic mass is 16.5. The number of carbonyl (C=O) groups is 1. The van der Waals surface area contributed by atoms with Crippen molar-refractivity contribution in [1.82, 2.24) is 15.1 Å². The summed E-state index contributed by atoms with van der Waals surface area (Å²) in [7, 11) is 1.62. The zero-order valence-corrected chi connectivity index (χ0v) is 18.9. The van der Waals surface area contributed by atoms with Crippen LogP contribution in [-0.2, 0) is 16.8 Å². The molecule has 2 aliphatic rings. The van der Waals surface area contributed by atoms with Crippen LogP contribution in [0, 0.1) is 0 Å². The number of nitrogens with one attached hydrogen (secondary N) is 1. The summed E-state index contributed by atoms with van der Waals surface area (Å²) in [4.78, 5) is 12.8. The van der Waals surface area contributed by atoms with Crippen molar-refractivity contribution in [3.63, 3.8) is 0 Å². The third-order valence-corrected chi connectivity index (χ3v) is 5.73. The molecule has 2 aromatic rings. The van der Waals surface area contributed by atoms with Crippen LogP contribution >= 0.6 is 0 Å². The molecule has 0 bridgehead atoms. The highest BCUT2D eigenvalue weighted by Crippen LogP contribution is 2.41. The number of hydrogen-bond donors (Lipinski definition) is 1. The summed E-state index contributed by atoms with van der Waals surface area (Å²) >= 11 is 0. The van der Waals surface area contributed by atoms with Gasteiger partial charge in [-0.25, -0.2) is 0 Å². The van der Waals surface area contributed by atoms with Gasteiger partial charge in [0.15, 0.2) is 11.5 Å². The van der Waals surface area contributed by atoms with Crippen LogP contribution in [0.1, 0.15) is 74.1 Å². The number of nitrogens with zero attached hydrogens (tertiary/aromatic N) is 2. The number of aromatic nitrogens is 2. The molecule has 168 valence electrons. The second-order valence-corrected chi connectivity index (χ2v) is 9.43. The molecule has 1 atom stereocenters. The number of methoxy groups -OCH3 is 1. The Kier molecular flexibility index (Phi) is 6.23. The molecule has 7 nitrogen and oxygen atoms in total. The summed E-state index contributed by atoms with van der Waals surface area (Å²) in [6, 6.07) is 7.67. The van der Waals surface area contributed by atoms with Crippen molar-refractivity contribution < 1.29 is 19.0 Å². The van der Waals surface area contributed by atoms with Gasteiger partial charge >= 0.3 is 0 Å². The number of carbonyl (C=O) groups excluding carboxylic acids is 1. The molecule has 4 rings (SSSR count). The van der Waals surface area contributed by atoms with Gasteiger partial charge < -0.3 is 19.5 Å². The minimum Gasteiger partial charge on any atom is -0.493 e. The maximum absolute atomic E-state index is 12.8. The van der Waals surface area contributed by atoms with Gasteiger partial charge in [-0.2, -0.15) is 5.10 Å². The third kappa shape index (κ3) is 5.21. The van der Waals surface area contributed by atoms with E-state index in [4.69, 9.17) is 14.2 Å². The Hall–Kier alpha value is -2.54. The quantitative estimate of drug-likeness (QED) is 0.689. The SMILES string of the molecule is COc1cc(CNC(=O)c2cc(C3CC3)n(C(C)(C)C)n2)ccc1OCC1CCCO1. The van der Waals surface area contributed by atoms with Crippen LogP contribution in [0.25, 0.3) is 0 Å². The van der Waals surface area contributed by atoms with Crippen LogP contribution in [0.5, 0.6) is 11.5 Å². The Morgan fingerprint density at radius 2 is 2.03 bits per heavy atom. The van der Waals surface area contributed by atoms with Crippen molar-refractivity contribution in [2.24, 2.45) is 0 Å². The first-order chi connectivity index (χ1) is 14.8. The van der Waals surface area contributed by atoms with Crippen LogP contribution < -0.4 is 14.8 Å². The number of amides is 1. The van der Waals surface area contributed by atoms with Gasteiger partial charge in [-0.05, 0) is 70.2 Å². The van der Waals surface area contributed by atoms with Crippen molar-refractivity contribution in [1.29, 1.82) is 0 Å². The normalized spacial score (nSPS) is 18.8. The Bertz CT molecular complexity index is 921. The van der Waals surface area contributed by atoms with Crippen LogP contribution in [-0.4, -0.2) is 42.1 Å². The molecule has 1 saturated carbocycles. The predicted molar refractivity (Wildman–Crippen MR) is 118 cm³/mol. The smallest absolute Gasteiger partial charge is 0.272 e. The molecule has 1 aromatic heterocycles. The Morgan fingerprint density at radius 3 is 2.68 bits per heavy atom. The molecule has 1 aromatic carbocycles. The molecule has 2 fully saturated rings. The summed E-state index contributed by atoms with van der Waals surface area (Å²) in [6.07, 6.45) is 4.60. The average molecular weight is 428 g/mol. The fourth-order valence-electron chi connectivity index (χ4n) is 3.89. The number of rotatable bonds is 8. The lowest BCUT2D eigenvalue weighted by Gasteiger charge is -2.22. The van der Waals surface area contributed by atoms with Gasteiger partial charge in [0.05, 0.1) is 18.8 Å². The van der Waals surface area contributed by atoms with E-state index >= 15 is 0 Å². The van der Waals surface area contributed by atoms with Gasteiger partial charge in [0.2, 0.25) is 0 Å². The molecule has 0 radical (unpaired) electrons. The summed E-state index contributed by atoms with van der Waals surface area (Å²) in [5.41, 5.74) is 2.42. The van der Waals surface area contributed by atoms with Crippen molar-refractivity contribution in [3.8, 4) is 11.5 Å². The third-order valence-electron chi connectivity index (χ3n) is 5.73. The monoisotopic (exact) mass is 427 g/mol. The second kappa shape index (κ2) is 8.91. The predicted octanol–water partition coefficient (Wildman–Crippen LogP) is 4.01. The number of ether oxygens (including phenoxy) is 3. The highest BCUT2D eigenvalue weighted by Gasteiger charge is 2.32. The lowest BCUT2D eigenvalue weighted by atomic mass is 10.1. The van der Waals surface area contributed by atoms with E-state index in [9.17, 15) is 4.79 Å². The summed E-state index contributed by atoms with van der Waals surface area (Å²) < 4.78 is 19.0. The summed E-state index contributed by atoms with van der Waals surface area (Å²) in [6.45, 7) is 8.06. The van der Waals surface area contributed by atoms with Crippen molar-refractivity contribution in [3.05, 3.63) is 41.2 Å². The van der Waals surface area contributed by atoms with Crippen LogP contribution in [0.4, 0.5) is 0 Å². The summed E-state index contributed by atoms with van der Waals surface area (Å²) in [5.74, 6) is 1.70. The van der Waals surface area contributed by atoms with Crippen LogP contribution in [0.2, 0.25) is 0 Å². The van der Waals surface area contributed by atoms with Gasteiger partial charge in [0.1, 0.15) is 12.3 Å². The fourth-order valence-corrected chi connectivity index (χ4v) is 3.89. The van der Waals surface area contributed by atoms with E-state index < -0.39 is 0 Å². The first kappa shape index (κ1) is 21.7. The minimum atomic E-state index is -0.164. The topological polar surface area (TPSA) is 74.6 Å². The zero-order chi connectivity index (χ0) is 22.0. The van der Waals surface area contributed by atoms with Crippen LogP contribution in [0.3, 0.4) is 0 Å². The molecule has 2 heterocycles. The average Bonchev–Trinajstić information content (AvgIpc) is 3.26. The lowest BCUT2D eigenvalue weighted by Crippen LogP contribution is -2.27. The molecule has 7 heteroatoms. The first-order valence-electron chi connectivity index (χ1n) is 11.1. The number of hydrogen-bond acceptors (Lipinski definition) is 5. The Balaban J connectivity index is 1.39. The molecule has 31 heavy (non-hydrogen) atoms. The zero-order valence-electron chi connectivity index (χ0n) is 18.9. The standard InChI is InChI=1S/C24H33N3O4/c1-24(2,3)27-20(17-8-9-17)13-19(26-27)23(28)25-14-16-7-10-21(22(12-16)29-4)31-15-18-6-5-11-30-18/h7,10,12-13,17-18H,5-6,8-9,11,14-15H2,1-4H3,(H,25,28). The molecule has 1 aliphatic carbocycles. The molecule has 1 amide bonds.